The molecule has 0 aliphatic heterocycles. The summed E-state index contributed by atoms with van der Waals surface area (Å²) in [4.78, 5) is 31.0. The van der Waals surface area contributed by atoms with Crippen LogP contribution in [0.15, 0.2) is 43.5 Å². The van der Waals surface area contributed by atoms with Crippen LogP contribution in [-0.2, 0) is 14.3 Å². The lowest BCUT2D eigenvalue weighted by molar-refractivity contribution is -0.141. The van der Waals surface area contributed by atoms with Crippen molar-refractivity contribution in [1.82, 2.24) is 15.3 Å². The van der Waals surface area contributed by atoms with Gasteiger partial charge in [-0.05, 0) is 13.0 Å². The Hall–Kier alpha value is -3.16. The van der Waals surface area contributed by atoms with Gasteiger partial charge in [-0.2, -0.15) is 0 Å². The van der Waals surface area contributed by atoms with E-state index < -0.39 is 12.0 Å². The van der Waals surface area contributed by atoms with Crippen LogP contribution in [0.3, 0.4) is 0 Å². The maximum absolute atomic E-state index is 11.8. The Labute approximate surface area is 140 Å². The van der Waals surface area contributed by atoms with E-state index in [2.05, 4.69) is 33.8 Å². The summed E-state index contributed by atoms with van der Waals surface area (Å²) >= 11 is 0. The molecule has 2 amide bonds. The summed E-state index contributed by atoms with van der Waals surface area (Å²) in [5.74, 6) is 0.121. The number of carbonyl (C=O) groups excluding carboxylic acids is 2. The van der Waals surface area contributed by atoms with Gasteiger partial charge >= 0.3 is 12.0 Å². The highest BCUT2D eigenvalue weighted by Gasteiger charge is 2.11. The molecule has 0 aliphatic rings. The quantitative estimate of drug-likeness (QED) is 0.428. The normalized spacial score (nSPS) is 10.5. The van der Waals surface area contributed by atoms with E-state index in [0.29, 0.717) is 17.0 Å². The van der Waals surface area contributed by atoms with Crippen LogP contribution in [0.2, 0.25) is 0 Å². The van der Waals surface area contributed by atoms with Crippen molar-refractivity contribution in [3.05, 3.63) is 49.2 Å². The third-order valence-electron chi connectivity index (χ3n) is 2.71. The fourth-order valence-corrected chi connectivity index (χ4v) is 1.65. The van der Waals surface area contributed by atoms with Crippen molar-refractivity contribution >= 4 is 23.4 Å². The van der Waals surface area contributed by atoms with E-state index in [0.717, 1.165) is 0 Å². The monoisotopic (exact) mass is 332 g/mol. The molecule has 0 saturated heterocycles. The lowest BCUT2D eigenvalue weighted by Crippen LogP contribution is -2.34. The highest BCUT2D eigenvalue weighted by Crippen LogP contribution is 2.21. The van der Waals surface area contributed by atoms with Crippen molar-refractivity contribution in [2.45, 2.75) is 6.92 Å². The number of anilines is 1. The van der Waals surface area contributed by atoms with Gasteiger partial charge in [0.1, 0.15) is 24.4 Å². The molecule has 0 saturated carbocycles. The summed E-state index contributed by atoms with van der Waals surface area (Å²) in [7, 11) is 1.49. The molecule has 8 heteroatoms. The van der Waals surface area contributed by atoms with Crippen LogP contribution in [0.25, 0.3) is 5.57 Å². The number of allylic oxidation sites excluding steroid dienone is 3. The molecule has 1 aromatic heterocycles. The summed E-state index contributed by atoms with van der Waals surface area (Å²) < 4.78 is 9.82. The van der Waals surface area contributed by atoms with E-state index in [1.807, 2.05) is 0 Å². The predicted octanol–water partition coefficient (Wildman–Crippen LogP) is 1.89. The highest BCUT2D eigenvalue weighted by molar-refractivity contribution is 5.91. The van der Waals surface area contributed by atoms with Crippen molar-refractivity contribution in [2.24, 2.45) is 0 Å². The zero-order valence-corrected chi connectivity index (χ0v) is 13.7. The Balaban J connectivity index is 2.79. The van der Waals surface area contributed by atoms with E-state index in [-0.39, 0.29) is 19.0 Å². The number of ether oxygens (including phenoxy) is 2. The number of nitrogens with one attached hydrogen (secondary N) is 2. The number of rotatable bonds is 8. The molecule has 1 rings (SSSR count). The number of aromatic nitrogens is 2. The number of hydrogen-bond donors (Lipinski definition) is 2. The molecule has 1 aromatic rings. The molecule has 0 aliphatic carbocycles. The van der Waals surface area contributed by atoms with Crippen LogP contribution >= 0.6 is 0 Å². The van der Waals surface area contributed by atoms with E-state index >= 15 is 0 Å². The average Bonchev–Trinajstić information content (AvgIpc) is 2.57. The molecule has 24 heavy (non-hydrogen) atoms. The Kier molecular flexibility index (Phi) is 7.69. The van der Waals surface area contributed by atoms with E-state index in [1.165, 1.54) is 13.4 Å². The highest BCUT2D eigenvalue weighted by atomic mass is 16.5. The second-order valence-electron chi connectivity index (χ2n) is 4.34. The van der Waals surface area contributed by atoms with Crippen molar-refractivity contribution in [1.29, 1.82) is 0 Å². The molecular weight excluding hydrogens is 312 g/mol. The lowest BCUT2D eigenvalue weighted by Gasteiger charge is -2.10. The summed E-state index contributed by atoms with van der Waals surface area (Å²) in [6, 6.07) is 0.955. The van der Waals surface area contributed by atoms with Crippen LogP contribution in [0, 0.1) is 0 Å². The molecule has 0 fully saturated rings. The molecule has 128 valence electrons. The molecule has 1 heterocycles. The maximum Gasteiger partial charge on any atom is 0.325 e. The number of carbonyl (C=O) groups is 2. The van der Waals surface area contributed by atoms with Crippen LogP contribution in [0.1, 0.15) is 12.6 Å². The summed E-state index contributed by atoms with van der Waals surface area (Å²) in [5.41, 5.74) is 1.10. The summed E-state index contributed by atoms with van der Waals surface area (Å²) in [5, 5.41) is 4.87. The summed E-state index contributed by atoms with van der Waals surface area (Å²) in [6.45, 7) is 9.10. The van der Waals surface area contributed by atoms with Crippen LogP contribution in [0.4, 0.5) is 10.6 Å². The van der Waals surface area contributed by atoms with Gasteiger partial charge in [-0.1, -0.05) is 19.2 Å². The Morgan fingerprint density at radius 3 is 2.75 bits per heavy atom. The second kappa shape index (κ2) is 9.78. The van der Waals surface area contributed by atoms with Crippen molar-refractivity contribution in [2.75, 3.05) is 25.6 Å². The minimum Gasteiger partial charge on any atom is -0.497 e. The molecule has 0 atom stereocenters. The first kappa shape index (κ1) is 18.9. The van der Waals surface area contributed by atoms with Gasteiger partial charge in [-0.15, -0.1) is 0 Å². The molecule has 0 aromatic carbocycles. The standard InChI is InChI=1S/C16H20N4O4/c1-5-7-12(11(3)23-4)13-8-14(19-10-18-13)20-16(22)17-9-15(21)24-6-2/h5,7-8,10H,1,3,6,9H2,2,4H3,(H2,17,18,19,20,22)/b12-7+. The third kappa shape index (κ3) is 5.91. The fourth-order valence-electron chi connectivity index (χ4n) is 1.65. The minimum absolute atomic E-state index is 0.236. The third-order valence-corrected chi connectivity index (χ3v) is 2.71. The van der Waals surface area contributed by atoms with E-state index in [9.17, 15) is 9.59 Å². The predicted molar refractivity (Wildman–Crippen MR) is 90.0 cm³/mol. The van der Waals surface area contributed by atoms with Crippen molar-refractivity contribution in [3.63, 3.8) is 0 Å². The van der Waals surface area contributed by atoms with Gasteiger partial charge in [0, 0.05) is 11.6 Å². The zero-order valence-electron chi connectivity index (χ0n) is 13.7. The first-order chi connectivity index (χ1) is 11.5. The van der Waals surface area contributed by atoms with Gasteiger partial charge in [0.05, 0.1) is 19.4 Å². The SMILES string of the molecule is C=C/C=C(\C(=C)OC)c1cc(NC(=O)NCC(=O)OCC)ncn1. The topological polar surface area (TPSA) is 102 Å². The van der Waals surface area contributed by atoms with Crippen LogP contribution < -0.4 is 10.6 Å². The minimum atomic E-state index is -0.590. The first-order valence-corrected chi connectivity index (χ1v) is 7.10. The Morgan fingerprint density at radius 2 is 2.12 bits per heavy atom. The number of nitrogens with zero attached hydrogens (tertiary/aromatic N) is 2. The number of hydrogen-bond acceptors (Lipinski definition) is 6. The number of urea groups is 1. The van der Waals surface area contributed by atoms with Gasteiger partial charge in [0.15, 0.2) is 0 Å². The number of amides is 2. The van der Waals surface area contributed by atoms with Gasteiger partial charge in [-0.25, -0.2) is 14.8 Å². The number of esters is 1. The molecule has 0 spiro atoms. The molecule has 0 bridgehead atoms. The lowest BCUT2D eigenvalue weighted by atomic mass is 10.1. The van der Waals surface area contributed by atoms with Gasteiger partial charge < -0.3 is 14.8 Å². The van der Waals surface area contributed by atoms with Crippen LogP contribution in [-0.4, -0.2) is 42.2 Å². The maximum atomic E-state index is 11.8. The van der Waals surface area contributed by atoms with E-state index in [4.69, 9.17) is 9.47 Å². The van der Waals surface area contributed by atoms with Gasteiger partial charge in [-0.3, -0.25) is 10.1 Å². The van der Waals surface area contributed by atoms with Crippen LogP contribution in [0.5, 0.6) is 0 Å². The smallest absolute Gasteiger partial charge is 0.325 e. The Bertz CT molecular complexity index is 655. The van der Waals surface area contributed by atoms with Gasteiger partial charge in [0.2, 0.25) is 0 Å². The largest absolute Gasteiger partial charge is 0.497 e. The molecule has 0 unspecified atom stereocenters. The fraction of sp³-hybridized carbons (Fsp3) is 0.250. The molecular formula is C16H20N4O4. The van der Waals surface area contributed by atoms with Gasteiger partial charge in [0.25, 0.3) is 0 Å². The molecule has 2 N–H and O–H groups in total. The van der Waals surface area contributed by atoms with Crippen molar-refractivity contribution < 1.29 is 19.1 Å². The Morgan fingerprint density at radius 1 is 1.38 bits per heavy atom. The summed E-state index contributed by atoms with van der Waals surface area (Å²) in [6.07, 6.45) is 4.54. The second-order valence-corrected chi connectivity index (χ2v) is 4.34. The average molecular weight is 332 g/mol. The first-order valence-electron chi connectivity index (χ1n) is 7.10. The zero-order chi connectivity index (χ0) is 17.9. The van der Waals surface area contributed by atoms with Crippen molar-refractivity contribution in [3.8, 4) is 0 Å². The molecule has 0 radical (unpaired) electrons. The number of methoxy groups -OCH3 is 1. The molecule has 8 nitrogen and oxygen atoms in total. The van der Waals surface area contributed by atoms with E-state index in [1.54, 1.807) is 25.1 Å².